The van der Waals surface area contributed by atoms with Gasteiger partial charge in [0.05, 0.1) is 12.0 Å². The number of hydrogen-bond acceptors (Lipinski definition) is 6. The fourth-order valence-electron chi connectivity index (χ4n) is 3.29. The van der Waals surface area contributed by atoms with E-state index < -0.39 is 18.1 Å². The quantitative estimate of drug-likeness (QED) is 0.590. The maximum absolute atomic E-state index is 12.5. The Labute approximate surface area is 150 Å². The lowest BCUT2D eigenvalue weighted by Crippen LogP contribution is -2.47. The zero-order valence-corrected chi connectivity index (χ0v) is 15.3. The van der Waals surface area contributed by atoms with Crippen LogP contribution in [-0.4, -0.2) is 52.4 Å². The molecule has 25 heavy (non-hydrogen) atoms. The molecule has 3 rings (SSSR count). The molecule has 134 valence electrons. The van der Waals surface area contributed by atoms with Crippen LogP contribution in [0.15, 0.2) is 24.3 Å². The Balaban J connectivity index is 1.66. The molecule has 0 N–H and O–H groups in total. The third-order valence-corrected chi connectivity index (χ3v) is 6.26. The van der Waals surface area contributed by atoms with E-state index in [4.69, 9.17) is 9.47 Å². The van der Waals surface area contributed by atoms with Crippen LogP contribution in [0.1, 0.15) is 37.0 Å². The predicted octanol–water partition coefficient (Wildman–Crippen LogP) is 2.26. The molecule has 0 saturated carbocycles. The van der Waals surface area contributed by atoms with Gasteiger partial charge in [0, 0.05) is 17.7 Å². The van der Waals surface area contributed by atoms with Crippen molar-refractivity contribution in [3.05, 3.63) is 29.8 Å². The Hall–Kier alpha value is -2.02. The van der Waals surface area contributed by atoms with Crippen LogP contribution in [0, 0.1) is 0 Å². The first-order valence-electron chi connectivity index (χ1n) is 8.20. The van der Waals surface area contributed by atoms with Gasteiger partial charge < -0.3 is 14.4 Å². The van der Waals surface area contributed by atoms with Gasteiger partial charge in [-0.05, 0) is 44.5 Å². The number of benzene rings is 1. The maximum atomic E-state index is 12.5. The number of carbonyl (C=O) groups is 3. The SMILES string of the molecule is COc1ccc(C(=O)[C@H](C)OC(=O)[C@@H]2CS[C@@]3(C)CCC(=O)N23)cc1. The second-order valence-electron chi connectivity index (χ2n) is 6.44. The smallest absolute Gasteiger partial charge is 0.330 e. The molecular formula is C18H21NO5S. The maximum Gasteiger partial charge on any atom is 0.330 e. The van der Waals surface area contributed by atoms with Gasteiger partial charge >= 0.3 is 5.97 Å². The minimum atomic E-state index is -0.907. The lowest BCUT2D eigenvalue weighted by atomic mass is 10.1. The fourth-order valence-corrected chi connectivity index (χ4v) is 4.71. The molecule has 0 radical (unpaired) electrons. The number of thioether (sulfide) groups is 1. The van der Waals surface area contributed by atoms with E-state index in [9.17, 15) is 14.4 Å². The summed E-state index contributed by atoms with van der Waals surface area (Å²) in [5.41, 5.74) is 0.448. The van der Waals surface area contributed by atoms with Gasteiger partial charge in [-0.1, -0.05) is 0 Å². The van der Waals surface area contributed by atoms with E-state index in [1.165, 1.54) is 0 Å². The summed E-state index contributed by atoms with van der Waals surface area (Å²) in [7, 11) is 1.55. The lowest BCUT2D eigenvalue weighted by Gasteiger charge is -2.29. The van der Waals surface area contributed by atoms with Crippen LogP contribution in [0.25, 0.3) is 0 Å². The zero-order valence-electron chi connectivity index (χ0n) is 14.5. The third-order valence-electron chi connectivity index (χ3n) is 4.75. The van der Waals surface area contributed by atoms with E-state index in [2.05, 4.69) is 0 Å². The van der Waals surface area contributed by atoms with Crippen LogP contribution >= 0.6 is 11.8 Å². The highest BCUT2D eigenvalue weighted by Crippen LogP contribution is 2.47. The van der Waals surface area contributed by atoms with Crippen molar-refractivity contribution in [3.8, 4) is 5.75 Å². The van der Waals surface area contributed by atoms with Crippen LogP contribution in [0.3, 0.4) is 0 Å². The molecule has 7 heteroatoms. The first-order chi connectivity index (χ1) is 11.9. The number of hydrogen-bond donors (Lipinski definition) is 0. The van der Waals surface area contributed by atoms with Crippen molar-refractivity contribution in [2.24, 2.45) is 0 Å². The van der Waals surface area contributed by atoms with Gasteiger partial charge in [-0.3, -0.25) is 9.59 Å². The van der Waals surface area contributed by atoms with Crippen LogP contribution < -0.4 is 4.74 Å². The van der Waals surface area contributed by atoms with Gasteiger partial charge in [0.15, 0.2) is 6.10 Å². The molecule has 2 aliphatic rings. The van der Waals surface area contributed by atoms with Gasteiger partial charge in [-0.15, -0.1) is 11.8 Å². The number of carbonyl (C=O) groups excluding carboxylic acids is 3. The number of ether oxygens (including phenoxy) is 2. The van der Waals surface area contributed by atoms with Crippen molar-refractivity contribution in [1.82, 2.24) is 4.90 Å². The average Bonchev–Trinajstić information content (AvgIpc) is 3.10. The van der Waals surface area contributed by atoms with Crippen molar-refractivity contribution in [1.29, 1.82) is 0 Å². The van der Waals surface area contributed by atoms with Crippen molar-refractivity contribution in [2.45, 2.75) is 43.7 Å². The van der Waals surface area contributed by atoms with Crippen molar-refractivity contribution < 1.29 is 23.9 Å². The minimum absolute atomic E-state index is 0.0245. The number of ketones is 1. The molecule has 2 fully saturated rings. The fraction of sp³-hybridized carbons (Fsp3) is 0.500. The average molecular weight is 363 g/mol. The molecule has 1 amide bonds. The van der Waals surface area contributed by atoms with E-state index in [1.807, 2.05) is 6.92 Å². The molecular weight excluding hydrogens is 342 g/mol. The van der Waals surface area contributed by atoms with Crippen molar-refractivity contribution >= 4 is 29.4 Å². The Kier molecular flexibility index (Phi) is 4.77. The van der Waals surface area contributed by atoms with E-state index in [1.54, 1.807) is 55.0 Å². The summed E-state index contributed by atoms with van der Waals surface area (Å²) in [5, 5.41) is 0. The Morgan fingerprint density at radius 3 is 2.64 bits per heavy atom. The molecule has 2 aliphatic heterocycles. The van der Waals surface area contributed by atoms with Crippen molar-refractivity contribution in [3.63, 3.8) is 0 Å². The Bertz CT molecular complexity index is 704. The third kappa shape index (κ3) is 3.25. The summed E-state index contributed by atoms with van der Waals surface area (Å²) in [6.45, 7) is 3.53. The highest BCUT2D eigenvalue weighted by Gasteiger charge is 2.53. The van der Waals surface area contributed by atoms with E-state index in [-0.39, 0.29) is 16.6 Å². The highest BCUT2D eigenvalue weighted by molar-refractivity contribution is 8.01. The number of methoxy groups -OCH3 is 1. The van der Waals surface area contributed by atoms with Gasteiger partial charge in [0.25, 0.3) is 0 Å². The van der Waals surface area contributed by atoms with Crippen LogP contribution in [0.4, 0.5) is 0 Å². The number of nitrogens with zero attached hydrogens (tertiary/aromatic N) is 1. The summed E-state index contributed by atoms with van der Waals surface area (Å²) in [6.07, 6.45) is 0.282. The largest absolute Gasteiger partial charge is 0.497 e. The molecule has 1 aromatic rings. The highest BCUT2D eigenvalue weighted by atomic mass is 32.2. The van der Waals surface area contributed by atoms with Gasteiger partial charge in [-0.25, -0.2) is 4.79 Å². The van der Waals surface area contributed by atoms with Crippen LogP contribution in [0.5, 0.6) is 5.75 Å². The number of Topliss-reactive ketones (excluding diaryl/α,β-unsaturated/α-hetero) is 1. The first kappa shape index (κ1) is 17.8. The van der Waals surface area contributed by atoms with Crippen molar-refractivity contribution in [2.75, 3.05) is 12.9 Å². The second-order valence-corrected chi connectivity index (χ2v) is 7.94. The molecule has 0 bridgehead atoms. The minimum Gasteiger partial charge on any atom is -0.497 e. The van der Waals surface area contributed by atoms with Crippen LogP contribution in [0.2, 0.25) is 0 Å². The summed E-state index contributed by atoms with van der Waals surface area (Å²) in [6, 6.07) is 6.03. The number of amides is 1. The van der Waals surface area contributed by atoms with Gasteiger partial charge in [-0.2, -0.15) is 0 Å². The topological polar surface area (TPSA) is 72.9 Å². The first-order valence-corrected chi connectivity index (χ1v) is 9.19. The van der Waals surface area contributed by atoms with Gasteiger partial charge in [0.2, 0.25) is 11.7 Å². The standard InChI is InChI=1S/C18H21NO5S/c1-11(16(21)12-4-6-13(23-3)7-5-12)24-17(22)14-10-25-18(2)9-8-15(20)19(14)18/h4-7,11,14H,8-10H2,1-3H3/t11-,14-,18-/m0/s1. The molecule has 0 spiro atoms. The number of rotatable bonds is 5. The van der Waals surface area contributed by atoms with E-state index in [0.29, 0.717) is 23.5 Å². The predicted molar refractivity (Wildman–Crippen MR) is 93.6 cm³/mol. The van der Waals surface area contributed by atoms with E-state index >= 15 is 0 Å². The normalized spacial score (nSPS) is 26.3. The molecule has 1 aromatic carbocycles. The summed E-state index contributed by atoms with van der Waals surface area (Å²) in [4.78, 5) is 38.4. The molecule has 0 unspecified atom stereocenters. The lowest BCUT2D eigenvalue weighted by molar-refractivity contribution is -0.155. The Morgan fingerprint density at radius 2 is 2.00 bits per heavy atom. The van der Waals surface area contributed by atoms with Gasteiger partial charge in [0.1, 0.15) is 11.8 Å². The molecule has 2 saturated heterocycles. The zero-order chi connectivity index (χ0) is 18.2. The monoisotopic (exact) mass is 363 g/mol. The molecule has 0 aromatic heterocycles. The second kappa shape index (κ2) is 6.71. The number of fused-ring (bicyclic) bond motifs is 1. The number of esters is 1. The molecule has 3 atom stereocenters. The Morgan fingerprint density at radius 1 is 1.32 bits per heavy atom. The molecule has 2 heterocycles. The van der Waals surface area contributed by atoms with Crippen LogP contribution in [-0.2, 0) is 14.3 Å². The summed E-state index contributed by atoms with van der Waals surface area (Å²) in [5.74, 6) is 0.336. The summed E-state index contributed by atoms with van der Waals surface area (Å²) >= 11 is 1.60. The summed E-state index contributed by atoms with van der Waals surface area (Å²) < 4.78 is 10.4. The molecule has 6 nitrogen and oxygen atoms in total. The van der Waals surface area contributed by atoms with E-state index in [0.717, 1.165) is 6.42 Å². The molecule has 0 aliphatic carbocycles.